The zero-order chi connectivity index (χ0) is 16.1. The number of carbonyl (C=O) groups excluding carboxylic acids is 1. The number of hydrogen-bond acceptors (Lipinski definition) is 5. The number of phenolic OH excluding ortho intramolecular Hbond substituents is 1. The van der Waals surface area contributed by atoms with Crippen molar-refractivity contribution >= 4 is 33.7 Å². The minimum absolute atomic E-state index is 0.0952. The number of non-ortho nitro benzene ring substituents is 1. The van der Waals surface area contributed by atoms with Gasteiger partial charge in [0.2, 0.25) is 0 Å². The molecule has 112 valence electrons. The van der Waals surface area contributed by atoms with Gasteiger partial charge in [-0.1, -0.05) is 6.07 Å². The molecule has 2 aromatic carbocycles. The summed E-state index contributed by atoms with van der Waals surface area (Å²) in [7, 11) is 0. The first kappa shape index (κ1) is 15.6. The van der Waals surface area contributed by atoms with Crippen molar-refractivity contribution in [2.24, 2.45) is 5.10 Å². The third-order valence-corrected chi connectivity index (χ3v) is 3.31. The van der Waals surface area contributed by atoms with Crippen LogP contribution < -0.4 is 5.43 Å². The molecule has 0 fully saturated rings. The number of phenols is 1. The highest BCUT2D eigenvalue weighted by Crippen LogP contribution is 2.23. The van der Waals surface area contributed by atoms with Crippen LogP contribution >= 0.6 is 15.9 Å². The summed E-state index contributed by atoms with van der Waals surface area (Å²) in [4.78, 5) is 21.9. The minimum Gasteiger partial charge on any atom is -0.507 e. The van der Waals surface area contributed by atoms with Crippen molar-refractivity contribution in [1.82, 2.24) is 5.43 Å². The molecule has 0 heterocycles. The fraction of sp³-hybridized carbons (Fsp3) is 0. The van der Waals surface area contributed by atoms with Gasteiger partial charge in [0.05, 0.1) is 15.6 Å². The summed E-state index contributed by atoms with van der Waals surface area (Å²) in [5, 5.41) is 23.8. The fourth-order valence-electron chi connectivity index (χ4n) is 1.59. The van der Waals surface area contributed by atoms with Crippen LogP contribution in [-0.2, 0) is 0 Å². The zero-order valence-electron chi connectivity index (χ0n) is 11.1. The highest BCUT2D eigenvalue weighted by atomic mass is 79.9. The molecule has 0 saturated heterocycles. The van der Waals surface area contributed by atoms with Crippen molar-refractivity contribution in [1.29, 1.82) is 0 Å². The Bertz CT molecular complexity index is 762. The van der Waals surface area contributed by atoms with Gasteiger partial charge < -0.3 is 5.11 Å². The second-order valence-corrected chi connectivity index (χ2v) is 5.07. The molecule has 0 spiro atoms. The zero-order valence-corrected chi connectivity index (χ0v) is 12.6. The summed E-state index contributed by atoms with van der Waals surface area (Å²) in [6, 6.07) is 10.1. The van der Waals surface area contributed by atoms with Crippen molar-refractivity contribution in [3.63, 3.8) is 0 Å². The highest BCUT2D eigenvalue weighted by molar-refractivity contribution is 9.10. The van der Waals surface area contributed by atoms with Gasteiger partial charge in [0, 0.05) is 17.7 Å². The lowest BCUT2D eigenvalue weighted by Gasteiger charge is -2.00. The van der Waals surface area contributed by atoms with Crippen LogP contribution in [0.15, 0.2) is 52.0 Å². The summed E-state index contributed by atoms with van der Waals surface area (Å²) in [5.41, 5.74) is 2.90. The number of benzene rings is 2. The van der Waals surface area contributed by atoms with Gasteiger partial charge >= 0.3 is 0 Å². The van der Waals surface area contributed by atoms with Crippen molar-refractivity contribution < 1.29 is 14.8 Å². The molecular formula is C14H10BrN3O4. The topological polar surface area (TPSA) is 105 Å². The van der Waals surface area contributed by atoms with Crippen LogP contribution in [0.5, 0.6) is 5.75 Å². The minimum atomic E-state index is -0.575. The van der Waals surface area contributed by atoms with Crippen LogP contribution in [0.3, 0.4) is 0 Å². The lowest BCUT2D eigenvalue weighted by molar-refractivity contribution is -0.384. The molecule has 2 N–H and O–H groups in total. The van der Waals surface area contributed by atoms with E-state index < -0.39 is 10.8 Å². The Balaban J connectivity index is 2.06. The Labute approximate surface area is 133 Å². The molecule has 0 bridgehead atoms. The summed E-state index contributed by atoms with van der Waals surface area (Å²) in [6.07, 6.45) is 1.39. The second kappa shape index (κ2) is 6.81. The largest absolute Gasteiger partial charge is 0.507 e. The van der Waals surface area contributed by atoms with Crippen LogP contribution in [0, 0.1) is 10.1 Å². The van der Waals surface area contributed by atoms with Crippen molar-refractivity contribution in [3.8, 4) is 5.75 Å². The number of amides is 1. The Morgan fingerprint density at radius 1 is 1.32 bits per heavy atom. The molecule has 0 aliphatic rings. The SMILES string of the molecule is O=C(N/N=C\c1ccc(O)c(Br)c1)c1cccc([N+](=O)[O-])c1. The second-order valence-electron chi connectivity index (χ2n) is 4.22. The van der Waals surface area contributed by atoms with Crippen molar-refractivity contribution in [3.05, 3.63) is 68.2 Å². The monoisotopic (exact) mass is 363 g/mol. The normalized spacial score (nSPS) is 10.6. The number of hydrazone groups is 1. The fourth-order valence-corrected chi connectivity index (χ4v) is 1.99. The number of nitro benzene ring substituents is 1. The van der Waals surface area contributed by atoms with E-state index in [1.54, 1.807) is 12.1 Å². The average molecular weight is 364 g/mol. The standard InChI is InChI=1S/C14H10BrN3O4/c15-12-6-9(4-5-13(12)19)8-16-17-14(20)10-2-1-3-11(7-10)18(21)22/h1-8,19H,(H,17,20)/b16-8-. The van der Waals surface area contributed by atoms with E-state index in [2.05, 4.69) is 26.5 Å². The van der Waals surface area contributed by atoms with Crippen molar-refractivity contribution in [2.45, 2.75) is 0 Å². The first-order valence-electron chi connectivity index (χ1n) is 6.04. The molecular weight excluding hydrogens is 354 g/mol. The maximum absolute atomic E-state index is 11.8. The quantitative estimate of drug-likeness (QED) is 0.494. The Morgan fingerprint density at radius 3 is 2.77 bits per heavy atom. The molecule has 2 aromatic rings. The molecule has 8 heteroatoms. The number of nitrogens with one attached hydrogen (secondary N) is 1. The summed E-state index contributed by atoms with van der Waals surface area (Å²) in [6.45, 7) is 0. The molecule has 0 aromatic heterocycles. The molecule has 0 aliphatic heterocycles. The smallest absolute Gasteiger partial charge is 0.271 e. The van der Waals surface area contributed by atoms with Gasteiger partial charge in [-0.2, -0.15) is 5.10 Å². The van der Waals surface area contributed by atoms with Gasteiger partial charge in [0.15, 0.2) is 0 Å². The maximum atomic E-state index is 11.8. The molecule has 7 nitrogen and oxygen atoms in total. The van der Waals surface area contributed by atoms with Crippen LogP contribution in [-0.4, -0.2) is 22.2 Å². The van der Waals surface area contributed by atoms with Gasteiger partial charge in [-0.15, -0.1) is 0 Å². The van der Waals surface area contributed by atoms with E-state index in [4.69, 9.17) is 0 Å². The Hall–Kier alpha value is -2.74. The molecule has 0 aliphatic carbocycles. The number of aromatic hydroxyl groups is 1. The lowest BCUT2D eigenvalue weighted by atomic mass is 10.2. The number of nitro groups is 1. The molecule has 1 amide bonds. The van der Waals surface area contributed by atoms with E-state index in [1.807, 2.05) is 0 Å². The van der Waals surface area contributed by atoms with Gasteiger partial charge in [-0.3, -0.25) is 14.9 Å². The lowest BCUT2D eigenvalue weighted by Crippen LogP contribution is -2.17. The van der Waals surface area contributed by atoms with Gasteiger partial charge in [0.25, 0.3) is 11.6 Å². The van der Waals surface area contributed by atoms with Crippen LogP contribution in [0.4, 0.5) is 5.69 Å². The van der Waals surface area contributed by atoms with Crippen LogP contribution in [0.25, 0.3) is 0 Å². The predicted octanol–water partition coefficient (Wildman–Crippen LogP) is 2.83. The van der Waals surface area contributed by atoms with Crippen LogP contribution in [0.2, 0.25) is 0 Å². The number of nitrogens with zero attached hydrogens (tertiary/aromatic N) is 2. The Morgan fingerprint density at radius 2 is 2.09 bits per heavy atom. The third-order valence-electron chi connectivity index (χ3n) is 2.67. The summed E-state index contributed by atoms with van der Waals surface area (Å²) >= 11 is 3.16. The predicted molar refractivity (Wildman–Crippen MR) is 84.0 cm³/mol. The van der Waals surface area contributed by atoms with E-state index in [1.165, 1.54) is 36.5 Å². The van der Waals surface area contributed by atoms with Crippen LogP contribution in [0.1, 0.15) is 15.9 Å². The van der Waals surface area contributed by atoms with E-state index in [0.717, 1.165) is 0 Å². The number of hydrogen-bond donors (Lipinski definition) is 2. The van der Waals surface area contributed by atoms with Gasteiger partial charge in [0.1, 0.15) is 5.75 Å². The van der Waals surface area contributed by atoms with E-state index in [9.17, 15) is 20.0 Å². The van der Waals surface area contributed by atoms with E-state index in [-0.39, 0.29) is 17.0 Å². The molecule has 0 atom stereocenters. The molecule has 0 radical (unpaired) electrons. The molecule has 0 unspecified atom stereocenters. The third kappa shape index (κ3) is 3.89. The number of carbonyl (C=O) groups is 1. The number of halogens is 1. The van der Waals surface area contributed by atoms with E-state index >= 15 is 0 Å². The highest BCUT2D eigenvalue weighted by Gasteiger charge is 2.10. The average Bonchev–Trinajstić information content (AvgIpc) is 2.51. The Kier molecular flexibility index (Phi) is 4.84. The van der Waals surface area contributed by atoms with E-state index in [0.29, 0.717) is 10.0 Å². The first-order chi connectivity index (χ1) is 10.5. The summed E-state index contributed by atoms with van der Waals surface area (Å²) < 4.78 is 0.501. The number of rotatable bonds is 4. The summed E-state index contributed by atoms with van der Waals surface area (Å²) in [5.74, 6) is -0.462. The van der Waals surface area contributed by atoms with Crippen molar-refractivity contribution in [2.75, 3.05) is 0 Å². The first-order valence-corrected chi connectivity index (χ1v) is 6.83. The van der Waals surface area contributed by atoms with Gasteiger partial charge in [-0.25, -0.2) is 5.43 Å². The molecule has 0 saturated carbocycles. The van der Waals surface area contributed by atoms with Gasteiger partial charge in [-0.05, 0) is 45.8 Å². The maximum Gasteiger partial charge on any atom is 0.271 e. The molecule has 22 heavy (non-hydrogen) atoms. The molecule has 2 rings (SSSR count).